The second-order valence-corrected chi connectivity index (χ2v) is 2.74. The van der Waals surface area contributed by atoms with E-state index in [-0.39, 0.29) is 0 Å². The van der Waals surface area contributed by atoms with Crippen LogP contribution in [0.1, 0.15) is 6.92 Å². The Hall–Kier alpha value is -1.78. The molecule has 0 aliphatic carbocycles. The predicted molar refractivity (Wildman–Crippen MR) is 50.9 cm³/mol. The van der Waals surface area contributed by atoms with Crippen LogP contribution >= 0.6 is 0 Å². The molecule has 1 amide bonds. The van der Waals surface area contributed by atoms with Crippen LogP contribution in [0.4, 0.5) is 11.5 Å². The van der Waals surface area contributed by atoms with Crippen molar-refractivity contribution >= 4 is 17.4 Å². The van der Waals surface area contributed by atoms with Crippen LogP contribution in [0.15, 0.2) is 18.3 Å². The monoisotopic (exact) mass is 180 g/mol. The van der Waals surface area contributed by atoms with Gasteiger partial charge in [0.1, 0.15) is 11.9 Å². The summed E-state index contributed by atoms with van der Waals surface area (Å²) < 4.78 is 0. The fourth-order valence-electron chi connectivity index (χ4n) is 0.819. The van der Waals surface area contributed by atoms with Crippen molar-refractivity contribution in [3.05, 3.63) is 18.3 Å². The number of nitrogens with two attached hydrogens (primary N) is 2. The molecular formula is C8H12N4O. The van der Waals surface area contributed by atoms with Crippen LogP contribution in [0, 0.1) is 0 Å². The number of pyridine rings is 1. The van der Waals surface area contributed by atoms with Crippen molar-refractivity contribution in [2.24, 2.45) is 5.73 Å². The molecule has 1 unspecified atom stereocenters. The van der Waals surface area contributed by atoms with E-state index in [4.69, 9.17) is 11.5 Å². The van der Waals surface area contributed by atoms with Gasteiger partial charge in [-0.2, -0.15) is 0 Å². The normalized spacial score (nSPS) is 12.1. The summed E-state index contributed by atoms with van der Waals surface area (Å²) in [7, 11) is 0. The SMILES string of the molecule is CC(Nc1cc(N)ccn1)C(N)=O. The molecule has 1 rings (SSSR count). The second-order valence-electron chi connectivity index (χ2n) is 2.74. The van der Waals surface area contributed by atoms with E-state index in [2.05, 4.69) is 10.3 Å². The van der Waals surface area contributed by atoms with Gasteiger partial charge in [-0.3, -0.25) is 4.79 Å². The number of rotatable bonds is 3. The zero-order chi connectivity index (χ0) is 9.84. The minimum absolute atomic E-state index is 0.427. The van der Waals surface area contributed by atoms with Gasteiger partial charge in [-0.05, 0) is 13.0 Å². The Kier molecular flexibility index (Phi) is 2.69. The quantitative estimate of drug-likeness (QED) is 0.607. The number of amides is 1. The van der Waals surface area contributed by atoms with Gasteiger partial charge in [-0.15, -0.1) is 0 Å². The van der Waals surface area contributed by atoms with Gasteiger partial charge < -0.3 is 16.8 Å². The van der Waals surface area contributed by atoms with E-state index in [1.165, 1.54) is 0 Å². The molecule has 5 heteroatoms. The van der Waals surface area contributed by atoms with Crippen LogP contribution in [0.5, 0.6) is 0 Å². The lowest BCUT2D eigenvalue weighted by Gasteiger charge is -2.10. The van der Waals surface area contributed by atoms with Crippen molar-refractivity contribution in [1.29, 1.82) is 0 Å². The number of nitrogen functional groups attached to an aromatic ring is 1. The van der Waals surface area contributed by atoms with E-state index < -0.39 is 11.9 Å². The number of hydrogen-bond donors (Lipinski definition) is 3. The largest absolute Gasteiger partial charge is 0.399 e. The van der Waals surface area contributed by atoms with Crippen LogP contribution < -0.4 is 16.8 Å². The van der Waals surface area contributed by atoms with Gasteiger partial charge in [0.2, 0.25) is 5.91 Å². The summed E-state index contributed by atoms with van der Waals surface area (Å²) >= 11 is 0. The lowest BCUT2D eigenvalue weighted by Crippen LogP contribution is -2.32. The first-order valence-electron chi connectivity index (χ1n) is 3.87. The van der Waals surface area contributed by atoms with E-state index in [1.54, 1.807) is 25.3 Å². The van der Waals surface area contributed by atoms with Crippen molar-refractivity contribution in [3.63, 3.8) is 0 Å². The van der Waals surface area contributed by atoms with Gasteiger partial charge in [0.05, 0.1) is 0 Å². The van der Waals surface area contributed by atoms with Crippen molar-refractivity contribution < 1.29 is 4.79 Å². The third-order valence-corrected chi connectivity index (χ3v) is 1.58. The number of nitrogens with one attached hydrogen (secondary N) is 1. The molecule has 0 spiro atoms. The Morgan fingerprint density at radius 3 is 2.92 bits per heavy atom. The maximum Gasteiger partial charge on any atom is 0.239 e. The molecule has 70 valence electrons. The van der Waals surface area contributed by atoms with Gasteiger partial charge in [-0.25, -0.2) is 4.98 Å². The third-order valence-electron chi connectivity index (χ3n) is 1.58. The molecule has 0 aliphatic rings. The van der Waals surface area contributed by atoms with Gasteiger partial charge in [0.15, 0.2) is 0 Å². The van der Waals surface area contributed by atoms with E-state index in [9.17, 15) is 4.79 Å². The Morgan fingerprint density at radius 2 is 2.38 bits per heavy atom. The summed E-state index contributed by atoms with van der Waals surface area (Å²) in [5.41, 5.74) is 11.2. The number of nitrogens with zero attached hydrogens (tertiary/aromatic N) is 1. The van der Waals surface area contributed by atoms with Crippen LogP contribution in [0.25, 0.3) is 0 Å². The molecule has 13 heavy (non-hydrogen) atoms. The molecule has 1 aromatic heterocycles. The van der Waals surface area contributed by atoms with Crippen molar-refractivity contribution in [2.45, 2.75) is 13.0 Å². The van der Waals surface area contributed by atoms with Crippen LogP contribution in [0.3, 0.4) is 0 Å². The Labute approximate surface area is 76.1 Å². The maximum absolute atomic E-state index is 10.7. The van der Waals surface area contributed by atoms with Gasteiger partial charge in [0.25, 0.3) is 0 Å². The molecule has 0 bridgehead atoms. The minimum atomic E-state index is -0.450. The summed E-state index contributed by atoms with van der Waals surface area (Å²) in [6, 6.07) is 2.86. The van der Waals surface area contributed by atoms with E-state index in [1.807, 2.05) is 0 Å². The summed E-state index contributed by atoms with van der Waals surface area (Å²) in [5.74, 6) is 0.121. The number of carbonyl (C=O) groups is 1. The molecule has 0 aromatic carbocycles. The number of anilines is 2. The summed E-state index contributed by atoms with van der Waals surface area (Å²) in [6.07, 6.45) is 1.56. The first-order chi connectivity index (χ1) is 6.09. The van der Waals surface area contributed by atoms with Crippen LogP contribution in [-0.2, 0) is 4.79 Å². The standard InChI is InChI=1S/C8H12N4O/c1-5(8(10)13)12-7-4-6(9)2-3-11-7/h2-5H,1H3,(H2,10,13)(H3,9,11,12). The minimum Gasteiger partial charge on any atom is -0.399 e. The van der Waals surface area contributed by atoms with E-state index in [0.29, 0.717) is 11.5 Å². The first kappa shape index (κ1) is 9.31. The van der Waals surface area contributed by atoms with E-state index in [0.717, 1.165) is 0 Å². The van der Waals surface area contributed by atoms with Crippen molar-refractivity contribution in [2.75, 3.05) is 11.1 Å². The van der Waals surface area contributed by atoms with Gasteiger partial charge in [-0.1, -0.05) is 0 Å². The van der Waals surface area contributed by atoms with Crippen LogP contribution in [-0.4, -0.2) is 16.9 Å². The first-order valence-corrected chi connectivity index (χ1v) is 3.87. The zero-order valence-electron chi connectivity index (χ0n) is 7.32. The number of primary amides is 1. The Bertz CT molecular complexity index is 313. The smallest absolute Gasteiger partial charge is 0.239 e. The molecule has 1 heterocycles. The lowest BCUT2D eigenvalue weighted by atomic mass is 10.3. The topological polar surface area (TPSA) is 94.0 Å². The fraction of sp³-hybridized carbons (Fsp3) is 0.250. The molecule has 1 atom stereocenters. The van der Waals surface area contributed by atoms with Gasteiger partial charge >= 0.3 is 0 Å². The highest BCUT2D eigenvalue weighted by atomic mass is 16.1. The second kappa shape index (κ2) is 3.75. The molecule has 0 fully saturated rings. The molecule has 0 radical (unpaired) electrons. The predicted octanol–water partition coefficient (Wildman–Crippen LogP) is -0.0505. The summed E-state index contributed by atoms with van der Waals surface area (Å²) in [4.78, 5) is 14.7. The number of aromatic nitrogens is 1. The fourth-order valence-corrected chi connectivity index (χ4v) is 0.819. The molecule has 0 saturated carbocycles. The highest BCUT2D eigenvalue weighted by Gasteiger charge is 2.07. The molecule has 5 nitrogen and oxygen atoms in total. The summed E-state index contributed by atoms with van der Waals surface area (Å²) in [5, 5.41) is 2.82. The molecule has 1 aromatic rings. The molecule has 0 saturated heterocycles. The lowest BCUT2D eigenvalue weighted by molar-refractivity contribution is -0.118. The number of carbonyl (C=O) groups excluding carboxylic acids is 1. The van der Waals surface area contributed by atoms with Crippen molar-refractivity contribution in [1.82, 2.24) is 4.98 Å². The van der Waals surface area contributed by atoms with E-state index >= 15 is 0 Å². The highest BCUT2D eigenvalue weighted by molar-refractivity contribution is 5.82. The highest BCUT2D eigenvalue weighted by Crippen LogP contribution is 2.08. The number of hydrogen-bond acceptors (Lipinski definition) is 4. The van der Waals surface area contributed by atoms with Crippen LogP contribution in [0.2, 0.25) is 0 Å². The molecule has 5 N–H and O–H groups in total. The Morgan fingerprint density at radius 1 is 1.69 bits per heavy atom. The average molecular weight is 180 g/mol. The summed E-state index contributed by atoms with van der Waals surface area (Å²) in [6.45, 7) is 1.66. The molecule has 0 aliphatic heterocycles. The van der Waals surface area contributed by atoms with Crippen molar-refractivity contribution in [3.8, 4) is 0 Å². The third kappa shape index (κ3) is 2.62. The maximum atomic E-state index is 10.7. The average Bonchev–Trinajstić information content (AvgIpc) is 2.04. The molecular weight excluding hydrogens is 168 g/mol. The van der Waals surface area contributed by atoms with Gasteiger partial charge in [0, 0.05) is 18.0 Å². The zero-order valence-corrected chi connectivity index (χ0v) is 7.32. The Balaban J connectivity index is 2.69.